The van der Waals surface area contributed by atoms with Gasteiger partial charge in [0.2, 0.25) is 0 Å². The molecule has 2 aromatic carbocycles. The highest BCUT2D eigenvalue weighted by Crippen LogP contribution is 2.19. The number of carbonyl (C=O) groups is 2. The topological polar surface area (TPSA) is 108 Å². The van der Waals surface area contributed by atoms with Crippen molar-refractivity contribution in [3.63, 3.8) is 0 Å². The van der Waals surface area contributed by atoms with Gasteiger partial charge in [-0.2, -0.15) is 0 Å². The van der Waals surface area contributed by atoms with Crippen LogP contribution in [0.1, 0.15) is 32.1 Å². The summed E-state index contributed by atoms with van der Waals surface area (Å²) in [4.78, 5) is 29.7. The number of benzene rings is 2. The molecule has 0 fully saturated rings. The number of fused-ring (bicyclic) bond motifs is 4. The van der Waals surface area contributed by atoms with E-state index in [0.717, 1.165) is 11.1 Å². The monoisotopic (exact) mass is 491 g/mol. The van der Waals surface area contributed by atoms with Gasteiger partial charge in [-0.25, -0.2) is 4.98 Å². The second-order valence-corrected chi connectivity index (χ2v) is 7.91. The van der Waals surface area contributed by atoms with Gasteiger partial charge < -0.3 is 29.6 Å². The number of nitrogens with zero attached hydrogens (tertiary/aromatic N) is 1. The lowest BCUT2D eigenvalue weighted by Gasteiger charge is -2.13. The first-order chi connectivity index (χ1) is 17.7. The summed E-state index contributed by atoms with van der Waals surface area (Å²) in [6.45, 7) is 2.92. The molecule has 2 heterocycles. The molecule has 36 heavy (non-hydrogen) atoms. The van der Waals surface area contributed by atoms with Gasteiger partial charge in [0.15, 0.2) is 0 Å². The maximum atomic E-state index is 12.7. The Kier molecular flexibility index (Phi) is 9.24. The normalized spacial score (nSPS) is 16.2. The number of aromatic nitrogens is 1. The van der Waals surface area contributed by atoms with Crippen LogP contribution in [-0.4, -0.2) is 56.4 Å². The Labute approximate surface area is 209 Å². The zero-order chi connectivity index (χ0) is 25.0. The number of amides is 2. The summed E-state index contributed by atoms with van der Waals surface area (Å²) in [5, 5.41) is 5.69. The highest BCUT2D eigenvalue weighted by molar-refractivity contribution is 5.96. The quantitative estimate of drug-likeness (QED) is 0.498. The summed E-state index contributed by atoms with van der Waals surface area (Å²) >= 11 is 0. The number of nitrogens with one attached hydrogen (secondary N) is 2. The Balaban J connectivity index is 1.48. The van der Waals surface area contributed by atoms with Gasteiger partial charge in [-0.1, -0.05) is 42.5 Å². The first kappa shape index (κ1) is 25.2. The van der Waals surface area contributed by atoms with Crippen LogP contribution in [0.2, 0.25) is 0 Å². The van der Waals surface area contributed by atoms with Gasteiger partial charge in [0.25, 0.3) is 11.8 Å². The first-order valence-electron chi connectivity index (χ1n) is 11.8. The Bertz CT molecular complexity index is 1080. The summed E-state index contributed by atoms with van der Waals surface area (Å²) in [6.07, 6.45) is 0. The largest absolute Gasteiger partial charge is 0.491 e. The van der Waals surface area contributed by atoms with E-state index in [2.05, 4.69) is 15.6 Å². The van der Waals surface area contributed by atoms with Gasteiger partial charge in [-0.05, 0) is 24.3 Å². The van der Waals surface area contributed by atoms with Crippen molar-refractivity contribution in [2.45, 2.75) is 13.1 Å². The molecule has 3 aromatic rings. The average molecular weight is 492 g/mol. The molecule has 188 valence electrons. The molecule has 0 radical (unpaired) electrons. The zero-order valence-electron chi connectivity index (χ0n) is 19.9. The van der Waals surface area contributed by atoms with Crippen LogP contribution in [0.5, 0.6) is 11.5 Å². The fourth-order valence-electron chi connectivity index (χ4n) is 3.54. The van der Waals surface area contributed by atoms with Gasteiger partial charge in [-0.15, -0.1) is 0 Å². The van der Waals surface area contributed by atoms with Crippen molar-refractivity contribution in [2.24, 2.45) is 0 Å². The lowest BCUT2D eigenvalue weighted by molar-refractivity contribution is 0.0272. The van der Waals surface area contributed by atoms with Crippen molar-refractivity contribution < 1.29 is 28.5 Å². The number of pyridine rings is 1. The highest BCUT2D eigenvalue weighted by atomic mass is 16.6. The number of hydrogen-bond donors (Lipinski definition) is 2. The maximum Gasteiger partial charge on any atom is 0.270 e. The van der Waals surface area contributed by atoms with Crippen molar-refractivity contribution in [1.29, 1.82) is 0 Å². The van der Waals surface area contributed by atoms with Crippen molar-refractivity contribution in [2.75, 3.05) is 39.6 Å². The Morgan fingerprint density at radius 1 is 0.556 bits per heavy atom. The van der Waals surface area contributed by atoms with Crippen molar-refractivity contribution in [1.82, 2.24) is 15.6 Å². The fraction of sp³-hybridized carbons (Fsp3) is 0.296. The standard InChI is InChI=1S/C27H29N3O6/c31-26-22-8-5-9-23(30-22)27(32)29-19-21-7-2-4-11-25(21)36-17-15-34-13-12-33-14-16-35-24-10-3-1-6-20(24)18-28-26/h1-11H,12-19H2,(H,28,31)(H,29,32). The van der Waals surface area contributed by atoms with E-state index in [1.54, 1.807) is 18.2 Å². The molecule has 2 amide bonds. The van der Waals surface area contributed by atoms with Crippen LogP contribution in [0, 0.1) is 0 Å². The molecule has 9 nitrogen and oxygen atoms in total. The first-order valence-corrected chi connectivity index (χ1v) is 11.8. The van der Waals surface area contributed by atoms with Gasteiger partial charge in [0.05, 0.1) is 26.4 Å². The minimum absolute atomic E-state index is 0.150. The van der Waals surface area contributed by atoms with Crippen LogP contribution in [0.4, 0.5) is 0 Å². The van der Waals surface area contributed by atoms with Gasteiger partial charge in [0.1, 0.15) is 36.1 Å². The molecule has 1 aliphatic heterocycles. The molecule has 0 spiro atoms. The lowest BCUT2D eigenvalue weighted by Crippen LogP contribution is -2.27. The molecular weight excluding hydrogens is 462 g/mol. The van der Waals surface area contributed by atoms with E-state index in [0.29, 0.717) is 51.1 Å². The molecule has 2 bridgehead atoms. The van der Waals surface area contributed by atoms with Gasteiger partial charge in [0, 0.05) is 24.2 Å². The lowest BCUT2D eigenvalue weighted by atomic mass is 10.2. The van der Waals surface area contributed by atoms with Gasteiger partial charge in [-0.3, -0.25) is 9.59 Å². The van der Waals surface area contributed by atoms with E-state index >= 15 is 0 Å². The highest BCUT2D eigenvalue weighted by Gasteiger charge is 2.14. The summed E-state index contributed by atoms with van der Waals surface area (Å²) in [5.41, 5.74) is 1.94. The average Bonchev–Trinajstić information content (AvgIpc) is 2.92. The fourth-order valence-corrected chi connectivity index (χ4v) is 3.54. The molecule has 0 atom stereocenters. The van der Waals surface area contributed by atoms with Crippen LogP contribution in [0.15, 0.2) is 66.7 Å². The minimum Gasteiger partial charge on any atom is -0.491 e. The predicted octanol–water partition coefficient (Wildman–Crippen LogP) is 2.75. The molecule has 1 aromatic heterocycles. The van der Waals surface area contributed by atoms with E-state index in [-0.39, 0.29) is 36.3 Å². The van der Waals surface area contributed by atoms with Crippen molar-refractivity contribution >= 4 is 11.8 Å². The van der Waals surface area contributed by atoms with Crippen LogP contribution >= 0.6 is 0 Å². The van der Waals surface area contributed by atoms with Crippen LogP contribution in [0.3, 0.4) is 0 Å². The van der Waals surface area contributed by atoms with E-state index in [4.69, 9.17) is 18.9 Å². The summed E-state index contributed by atoms with van der Waals surface area (Å²) in [7, 11) is 0. The van der Waals surface area contributed by atoms with E-state index < -0.39 is 0 Å². The second-order valence-electron chi connectivity index (χ2n) is 7.91. The Hall–Kier alpha value is -3.95. The molecule has 0 unspecified atom stereocenters. The molecule has 2 N–H and O–H groups in total. The van der Waals surface area contributed by atoms with Crippen LogP contribution < -0.4 is 20.1 Å². The number of carbonyl (C=O) groups excluding carboxylic acids is 2. The van der Waals surface area contributed by atoms with E-state index in [1.165, 1.54) is 0 Å². The number of hydrogen-bond acceptors (Lipinski definition) is 7. The van der Waals surface area contributed by atoms with Crippen LogP contribution in [0.25, 0.3) is 0 Å². The second kappa shape index (κ2) is 13.2. The number of rotatable bonds is 0. The summed E-state index contributed by atoms with van der Waals surface area (Å²) < 4.78 is 22.8. The minimum atomic E-state index is -0.389. The molecule has 0 saturated carbocycles. The van der Waals surface area contributed by atoms with Crippen molar-refractivity contribution in [3.05, 3.63) is 89.2 Å². The van der Waals surface area contributed by atoms with Gasteiger partial charge >= 0.3 is 0 Å². The summed E-state index contributed by atoms with van der Waals surface area (Å²) in [6, 6.07) is 19.7. The van der Waals surface area contributed by atoms with E-state index in [1.807, 2.05) is 48.5 Å². The molecule has 1 aliphatic rings. The summed E-state index contributed by atoms with van der Waals surface area (Å²) in [5.74, 6) is 0.544. The molecule has 0 saturated heterocycles. The Morgan fingerprint density at radius 3 is 1.50 bits per heavy atom. The third-order valence-electron chi connectivity index (χ3n) is 5.38. The SMILES string of the molecule is O=C1NCc2ccccc2OCCOCCOCCOc2ccccc2CNC(=O)c2cccc1n2. The number of para-hydroxylation sites is 2. The Morgan fingerprint density at radius 2 is 1.00 bits per heavy atom. The molecule has 4 rings (SSSR count). The third kappa shape index (κ3) is 7.27. The number of ether oxygens (including phenoxy) is 4. The van der Waals surface area contributed by atoms with Crippen molar-refractivity contribution in [3.8, 4) is 11.5 Å². The molecular formula is C27H29N3O6. The van der Waals surface area contributed by atoms with Crippen LogP contribution in [-0.2, 0) is 22.6 Å². The smallest absolute Gasteiger partial charge is 0.270 e. The molecule has 9 heteroatoms. The predicted molar refractivity (Wildman–Crippen MR) is 132 cm³/mol. The molecule has 0 aliphatic carbocycles. The maximum absolute atomic E-state index is 12.7. The zero-order valence-corrected chi connectivity index (χ0v) is 19.9. The van der Waals surface area contributed by atoms with E-state index in [9.17, 15) is 9.59 Å². The third-order valence-corrected chi connectivity index (χ3v) is 5.38.